The molecule has 3 atom stereocenters. The number of phenolic OH excluding ortho intramolecular Hbond substituents is 1. The normalized spacial score (nSPS) is 12.8. The molecule has 0 aromatic heterocycles. The second kappa shape index (κ2) is 16.4. The molecule has 0 radical (unpaired) electrons. The van der Waals surface area contributed by atoms with Crippen molar-refractivity contribution in [2.75, 3.05) is 13.1 Å². The minimum Gasteiger partial charge on any atom is -0.508 e. The smallest absolute Gasteiger partial charge is 0.243 e. The Hall–Kier alpha value is -4.72. The Morgan fingerprint density at radius 3 is 2.17 bits per heavy atom. The van der Waals surface area contributed by atoms with Crippen LogP contribution in [-0.2, 0) is 32.0 Å². The summed E-state index contributed by atoms with van der Waals surface area (Å²) in [5.41, 5.74) is 22.8. The van der Waals surface area contributed by atoms with E-state index >= 15 is 0 Å². The van der Waals surface area contributed by atoms with Gasteiger partial charge in [-0.15, -0.1) is 0 Å². The molecule has 41 heavy (non-hydrogen) atoms. The zero-order valence-electron chi connectivity index (χ0n) is 22.5. The highest BCUT2D eigenvalue weighted by atomic mass is 19.1. The molecule has 12 N–H and O–H groups in total. The Kier molecular flexibility index (Phi) is 13.0. The lowest BCUT2D eigenvalue weighted by Gasteiger charge is -2.24. The molecule has 2 aromatic carbocycles. The van der Waals surface area contributed by atoms with Crippen LogP contribution in [0.2, 0.25) is 0 Å². The third-order valence-corrected chi connectivity index (χ3v) is 5.99. The number of phenols is 1. The molecular weight excluding hydrogens is 535 g/mol. The van der Waals surface area contributed by atoms with Crippen LogP contribution in [-0.4, -0.2) is 65.9 Å². The fourth-order valence-electron chi connectivity index (χ4n) is 3.83. The van der Waals surface area contributed by atoms with Gasteiger partial charge in [-0.25, -0.2) is 4.39 Å². The minimum absolute atomic E-state index is 0.0629. The van der Waals surface area contributed by atoms with Gasteiger partial charge in [-0.3, -0.25) is 24.2 Å². The van der Waals surface area contributed by atoms with Crippen molar-refractivity contribution in [2.24, 2.45) is 27.9 Å². The van der Waals surface area contributed by atoms with Gasteiger partial charge in [0.1, 0.15) is 23.7 Å². The molecule has 2 rings (SSSR count). The number of aromatic hydroxyl groups is 1. The molecule has 0 unspecified atom stereocenters. The number of carbonyl (C=O) groups is 4. The van der Waals surface area contributed by atoms with Crippen molar-refractivity contribution < 1.29 is 28.7 Å². The van der Waals surface area contributed by atoms with E-state index in [9.17, 15) is 28.7 Å². The number of guanidine groups is 1. The van der Waals surface area contributed by atoms with E-state index in [0.29, 0.717) is 12.0 Å². The summed E-state index contributed by atoms with van der Waals surface area (Å²) in [5.74, 6) is -3.29. The average molecular weight is 573 g/mol. The molecule has 13 nitrogen and oxygen atoms in total. The Morgan fingerprint density at radius 2 is 1.54 bits per heavy atom. The number of nitrogens with zero attached hydrogens (tertiary/aromatic N) is 1. The van der Waals surface area contributed by atoms with Gasteiger partial charge in [0.15, 0.2) is 5.96 Å². The van der Waals surface area contributed by atoms with Gasteiger partial charge in [0.05, 0.1) is 6.04 Å². The molecule has 0 heterocycles. The van der Waals surface area contributed by atoms with Gasteiger partial charge in [0.25, 0.3) is 0 Å². The van der Waals surface area contributed by atoms with Crippen molar-refractivity contribution in [3.05, 3.63) is 65.5 Å². The van der Waals surface area contributed by atoms with Crippen LogP contribution in [0, 0.1) is 5.82 Å². The van der Waals surface area contributed by atoms with Gasteiger partial charge in [-0.2, -0.15) is 0 Å². The van der Waals surface area contributed by atoms with Gasteiger partial charge < -0.3 is 44.0 Å². The molecule has 0 aliphatic carbocycles. The third-order valence-electron chi connectivity index (χ3n) is 5.99. The lowest BCUT2D eigenvalue weighted by Crippen LogP contribution is -2.56. The number of primary amides is 1. The Balaban J connectivity index is 2.19. The van der Waals surface area contributed by atoms with Gasteiger partial charge in [0.2, 0.25) is 23.6 Å². The highest BCUT2D eigenvalue weighted by molar-refractivity contribution is 5.93. The summed E-state index contributed by atoms with van der Waals surface area (Å²) in [6.07, 6.45) is 0.194. The largest absolute Gasteiger partial charge is 0.508 e. The molecular formula is C27H37FN8O5. The summed E-state index contributed by atoms with van der Waals surface area (Å²) in [4.78, 5) is 54.2. The quantitative estimate of drug-likeness (QED) is 0.0678. The van der Waals surface area contributed by atoms with E-state index in [-0.39, 0.29) is 56.0 Å². The Labute approximate surface area is 236 Å². The molecule has 0 aliphatic heterocycles. The predicted molar refractivity (Wildman–Crippen MR) is 150 cm³/mol. The summed E-state index contributed by atoms with van der Waals surface area (Å²) < 4.78 is 14.4. The van der Waals surface area contributed by atoms with Gasteiger partial charge in [-0.05, 0) is 48.6 Å². The number of carbonyl (C=O) groups excluding carboxylic acids is 4. The van der Waals surface area contributed by atoms with Crippen molar-refractivity contribution in [3.8, 4) is 5.75 Å². The maximum absolute atomic E-state index is 14.4. The number of nitrogens with one attached hydrogen (secondary N) is 3. The molecule has 0 saturated carbocycles. The van der Waals surface area contributed by atoms with E-state index in [1.54, 1.807) is 18.2 Å². The first-order chi connectivity index (χ1) is 19.5. The van der Waals surface area contributed by atoms with Crippen LogP contribution in [0.15, 0.2) is 53.5 Å². The van der Waals surface area contributed by atoms with Crippen LogP contribution < -0.4 is 38.9 Å². The van der Waals surface area contributed by atoms with E-state index in [1.165, 1.54) is 30.3 Å². The fourth-order valence-corrected chi connectivity index (χ4v) is 3.83. The third kappa shape index (κ3) is 11.9. The highest BCUT2D eigenvalue weighted by Crippen LogP contribution is 2.12. The number of halogens is 1. The van der Waals surface area contributed by atoms with Crippen molar-refractivity contribution in [1.82, 2.24) is 16.0 Å². The summed E-state index contributed by atoms with van der Waals surface area (Å²) in [7, 11) is 0. The number of nitrogens with two attached hydrogens (primary N) is 4. The second-order valence-electron chi connectivity index (χ2n) is 9.35. The van der Waals surface area contributed by atoms with Gasteiger partial charge in [-0.1, -0.05) is 30.3 Å². The number of hydrogen-bond donors (Lipinski definition) is 8. The zero-order valence-corrected chi connectivity index (χ0v) is 22.5. The number of benzene rings is 2. The Morgan fingerprint density at radius 1 is 0.878 bits per heavy atom. The maximum atomic E-state index is 14.4. The lowest BCUT2D eigenvalue weighted by molar-refractivity contribution is -0.132. The van der Waals surface area contributed by atoms with E-state index in [2.05, 4.69) is 20.9 Å². The highest BCUT2D eigenvalue weighted by Gasteiger charge is 2.28. The number of hydrogen-bond acceptors (Lipinski definition) is 7. The minimum atomic E-state index is -1.24. The summed E-state index contributed by atoms with van der Waals surface area (Å²) in [5, 5.41) is 17.2. The van der Waals surface area contributed by atoms with Crippen LogP contribution in [0.1, 0.15) is 30.4 Å². The van der Waals surface area contributed by atoms with E-state index in [4.69, 9.17) is 22.9 Å². The second-order valence-corrected chi connectivity index (χ2v) is 9.35. The summed E-state index contributed by atoms with van der Waals surface area (Å²) in [6, 6.07) is 8.53. The average Bonchev–Trinajstić information content (AvgIpc) is 2.91. The molecule has 4 amide bonds. The zero-order chi connectivity index (χ0) is 30.4. The summed E-state index contributed by atoms with van der Waals surface area (Å²) >= 11 is 0. The van der Waals surface area contributed by atoms with Crippen molar-refractivity contribution in [3.63, 3.8) is 0 Å². The van der Waals surface area contributed by atoms with Gasteiger partial charge in [0, 0.05) is 25.9 Å². The molecule has 222 valence electrons. The molecule has 0 spiro atoms. The SMILES string of the molecule is NC(=O)CCNC(=O)[C@H](Cc1ccccc1F)NC(=O)[C@@H](CCCN=C(N)N)NC(=O)[C@@H](N)Cc1ccc(O)cc1. The van der Waals surface area contributed by atoms with Crippen molar-refractivity contribution >= 4 is 29.6 Å². The van der Waals surface area contributed by atoms with Crippen molar-refractivity contribution in [1.29, 1.82) is 0 Å². The van der Waals surface area contributed by atoms with E-state index in [0.717, 1.165) is 0 Å². The molecule has 2 aromatic rings. The molecule has 0 bridgehead atoms. The maximum Gasteiger partial charge on any atom is 0.243 e. The van der Waals surface area contributed by atoms with E-state index in [1.807, 2.05) is 0 Å². The summed E-state index contributed by atoms with van der Waals surface area (Å²) in [6.45, 7) is 0.0937. The van der Waals surface area contributed by atoms with Crippen LogP contribution in [0.25, 0.3) is 0 Å². The molecule has 0 saturated heterocycles. The van der Waals surface area contributed by atoms with Crippen molar-refractivity contribution in [2.45, 2.75) is 50.2 Å². The Bertz CT molecular complexity index is 1220. The number of amides is 4. The first-order valence-electron chi connectivity index (χ1n) is 12.9. The molecule has 0 fully saturated rings. The topological polar surface area (TPSA) is 241 Å². The molecule has 14 heteroatoms. The van der Waals surface area contributed by atoms with Crippen LogP contribution >= 0.6 is 0 Å². The molecule has 0 aliphatic rings. The first kappa shape index (κ1) is 32.5. The van der Waals surface area contributed by atoms with Crippen LogP contribution in [0.4, 0.5) is 4.39 Å². The van der Waals surface area contributed by atoms with Crippen LogP contribution in [0.3, 0.4) is 0 Å². The number of aliphatic imine (C=N–C) groups is 1. The van der Waals surface area contributed by atoms with E-state index < -0.39 is 47.6 Å². The predicted octanol–water partition coefficient (Wildman–Crippen LogP) is -1.34. The first-order valence-corrected chi connectivity index (χ1v) is 12.9. The lowest BCUT2D eigenvalue weighted by atomic mass is 10.0. The van der Waals surface area contributed by atoms with Gasteiger partial charge >= 0.3 is 0 Å². The monoisotopic (exact) mass is 572 g/mol. The number of rotatable bonds is 16. The fraction of sp³-hybridized carbons (Fsp3) is 0.370. The standard InChI is InChI=1S/C27H37FN8O5/c28-19-5-2-1-4-17(19)15-22(25(40)33-13-11-23(30)38)36-26(41)21(6-3-12-34-27(31)32)35-24(39)20(29)14-16-7-9-18(37)10-8-16/h1-2,4-5,7-10,20-22,37H,3,6,11-15,29H2,(H2,30,38)(H,33,40)(H,35,39)(H,36,41)(H4,31,32,34)/t20-,21+,22-/m0/s1. The van der Waals surface area contributed by atoms with Crippen LogP contribution in [0.5, 0.6) is 5.75 Å².